The fourth-order valence-corrected chi connectivity index (χ4v) is 7.80. The molecule has 1 unspecified atom stereocenters. The average molecular weight is 682 g/mol. The van der Waals surface area contributed by atoms with Crippen molar-refractivity contribution in [1.29, 1.82) is 0 Å². The van der Waals surface area contributed by atoms with E-state index in [1.54, 1.807) is 58.4 Å². The van der Waals surface area contributed by atoms with Crippen molar-refractivity contribution in [2.75, 3.05) is 50.1 Å². The summed E-state index contributed by atoms with van der Waals surface area (Å²) < 4.78 is 13.3. The Morgan fingerprint density at radius 2 is 1.92 bits per heavy atom. The first-order valence-electron chi connectivity index (χ1n) is 17.1. The number of aromatic nitrogens is 3. The molecule has 7 rings (SSSR count). The number of hydrogen-bond donors (Lipinski definition) is 1. The first kappa shape index (κ1) is 33.5. The average Bonchev–Trinajstić information content (AvgIpc) is 3.58. The molecule has 0 aromatic carbocycles. The lowest BCUT2D eigenvalue weighted by Crippen LogP contribution is -2.50. The first-order chi connectivity index (χ1) is 23.9. The van der Waals surface area contributed by atoms with Gasteiger partial charge in [-0.15, -0.1) is 0 Å². The number of carbonyl (C=O) groups excluding carboxylic acids is 4. The first-order valence-corrected chi connectivity index (χ1v) is 17.1. The van der Waals surface area contributed by atoms with Gasteiger partial charge in [-0.2, -0.15) is 0 Å². The van der Waals surface area contributed by atoms with Gasteiger partial charge in [0.2, 0.25) is 5.91 Å². The van der Waals surface area contributed by atoms with Crippen LogP contribution in [0.3, 0.4) is 0 Å². The molecule has 4 aliphatic rings. The van der Waals surface area contributed by atoms with Crippen molar-refractivity contribution in [3.63, 3.8) is 0 Å². The molecular formula is C37H43N7O6. The second-order valence-electron chi connectivity index (χ2n) is 14.5. The van der Waals surface area contributed by atoms with Crippen LogP contribution in [0.1, 0.15) is 70.9 Å². The van der Waals surface area contributed by atoms with E-state index in [0.29, 0.717) is 66.9 Å². The van der Waals surface area contributed by atoms with Crippen LogP contribution in [0.2, 0.25) is 0 Å². The molecule has 262 valence electrons. The third-order valence-electron chi connectivity index (χ3n) is 10.2. The molecule has 3 amide bonds. The topological polar surface area (TPSA) is 139 Å². The zero-order valence-electron chi connectivity index (χ0n) is 29.2. The monoisotopic (exact) mass is 681 g/mol. The Balaban J connectivity index is 1.32. The Kier molecular flexibility index (Phi) is 8.49. The van der Waals surface area contributed by atoms with Crippen LogP contribution in [0.5, 0.6) is 0 Å². The molecule has 1 saturated heterocycles. The Morgan fingerprint density at radius 3 is 2.68 bits per heavy atom. The summed E-state index contributed by atoms with van der Waals surface area (Å²) in [5.74, 6) is -0.360. The van der Waals surface area contributed by atoms with Gasteiger partial charge in [0, 0.05) is 63.3 Å². The third kappa shape index (κ3) is 5.93. The minimum Gasteiger partial charge on any atom is -0.461 e. The van der Waals surface area contributed by atoms with Gasteiger partial charge in [0.1, 0.15) is 29.5 Å². The van der Waals surface area contributed by atoms with Crippen molar-refractivity contribution < 1.29 is 28.7 Å². The molecule has 2 atom stereocenters. The summed E-state index contributed by atoms with van der Waals surface area (Å²) in [6.07, 6.45) is 8.28. The molecule has 0 radical (unpaired) electrons. The predicted octanol–water partition coefficient (Wildman–Crippen LogP) is 3.32. The van der Waals surface area contributed by atoms with Gasteiger partial charge >= 0.3 is 5.97 Å². The lowest BCUT2D eigenvalue weighted by molar-refractivity contribution is -0.142. The maximum Gasteiger partial charge on any atom is 0.302 e. The molecule has 1 aliphatic carbocycles. The lowest BCUT2D eigenvalue weighted by Gasteiger charge is -2.41. The van der Waals surface area contributed by atoms with E-state index in [4.69, 9.17) is 14.5 Å². The number of anilines is 2. The van der Waals surface area contributed by atoms with Gasteiger partial charge < -0.3 is 29.2 Å². The summed E-state index contributed by atoms with van der Waals surface area (Å²) in [5.41, 5.74) is 3.55. The molecule has 0 bridgehead atoms. The van der Waals surface area contributed by atoms with Crippen LogP contribution in [0.25, 0.3) is 0 Å². The molecule has 3 aliphatic heterocycles. The molecule has 13 heteroatoms. The molecule has 1 fully saturated rings. The Labute approximate surface area is 291 Å². The second kappa shape index (κ2) is 12.7. The number of likely N-dealkylation sites (N-methyl/N-ethyl adjacent to an activating group) is 1. The van der Waals surface area contributed by atoms with E-state index in [1.165, 1.54) is 24.3 Å². The summed E-state index contributed by atoms with van der Waals surface area (Å²) in [4.78, 5) is 67.6. The summed E-state index contributed by atoms with van der Waals surface area (Å²) in [5, 5.41) is 3.54. The van der Waals surface area contributed by atoms with Gasteiger partial charge in [-0.25, -0.2) is 9.97 Å². The number of morpholine rings is 1. The number of esters is 1. The zero-order valence-corrected chi connectivity index (χ0v) is 29.2. The van der Waals surface area contributed by atoms with E-state index in [9.17, 15) is 19.2 Å². The van der Waals surface area contributed by atoms with E-state index in [2.05, 4.69) is 28.7 Å². The van der Waals surface area contributed by atoms with Crippen molar-refractivity contribution in [3.05, 3.63) is 82.5 Å². The van der Waals surface area contributed by atoms with Gasteiger partial charge in [-0.1, -0.05) is 13.8 Å². The highest BCUT2D eigenvalue weighted by Gasteiger charge is 2.42. The summed E-state index contributed by atoms with van der Waals surface area (Å²) in [6.45, 7) is 10.1. The molecule has 3 aromatic rings. The number of pyridine rings is 2. The van der Waals surface area contributed by atoms with Gasteiger partial charge in [0.25, 0.3) is 11.8 Å². The van der Waals surface area contributed by atoms with Crippen molar-refractivity contribution in [2.24, 2.45) is 5.41 Å². The second-order valence-corrected chi connectivity index (χ2v) is 14.5. The van der Waals surface area contributed by atoms with Crippen LogP contribution in [0, 0.1) is 5.41 Å². The van der Waals surface area contributed by atoms with Crippen molar-refractivity contribution >= 4 is 35.3 Å². The van der Waals surface area contributed by atoms with Crippen LogP contribution >= 0.6 is 0 Å². The minimum atomic E-state index is -1.15. The fourth-order valence-electron chi connectivity index (χ4n) is 7.80. The predicted molar refractivity (Wildman–Crippen MR) is 185 cm³/mol. The summed E-state index contributed by atoms with van der Waals surface area (Å²) in [7, 11) is 1.69. The largest absolute Gasteiger partial charge is 0.461 e. The number of fused-ring (bicyclic) bond motifs is 3. The number of nitrogens with one attached hydrogen (secondary N) is 1. The smallest absolute Gasteiger partial charge is 0.302 e. The van der Waals surface area contributed by atoms with Crippen LogP contribution in [-0.2, 0) is 50.6 Å². The number of ether oxygens (including phenoxy) is 2. The SMILES string of the molecule is CC(=O)OCc1c(C2(Nc3ncccc3C(=O)N3CCOC[C@H]3C)C=CC(=O)N(C)C2)ccnc1N1CCn2c(cc3c2CC(C)(C)C3)C1=O. The Morgan fingerprint density at radius 1 is 1.10 bits per heavy atom. The summed E-state index contributed by atoms with van der Waals surface area (Å²) >= 11 is 0. The zero-order chi connectivity index (χ0) is 35.4. The molecule has 0 spiro atoms. The summed E-state index contributed by atoms with van der Waals surface area (Å²) in [6, 6.07) is 7.13. The van der Waals surface area contributed by atoms with Gasteiger partial charge in [0.15, 0.2) is 0 Å². The van der Waals surface area contributed by atoms with Crippen LogP contribution in [0.4, 0.5) is 11.6 Å². The van der Waals surface area contributed by atoms with E-state index < -0.39 is 11.5 Å². The lowest BCUT2D eigenvalue weighted by atomic mass is 9.83. The normalized spacial score (nSPS) is 22.7. The van der Waals surface area contributed by atoms with Crippen molar-refractivity contribution in [2.45, 2.75) is 65.3 Å². The highest BCUT2D eigenvalue weighted by Crippen LogP contribution is 2.41. The van der Waals surface area contributed by atoms with E-state index in [1.807, 2.05) is 13.0 Å². The van der Waals surface area contributed by atoms with Gasteiger partial charge in [0.05, 0.1) is 31.4 Å². The molecule has 1 N–H and O–H groups in total. The number of rotatable bonds is 7. The third-order valence-corrected chi connectivity index (χ3v) is 10.2. The molecule has 50 heavy (non-hydrogen) atoms. The van der Waals surface area contributed by atoms with Crippen molar-refractivity contribution in [1.82, 2.24) is 24.3 Å². The van der Waals surface area contributed by atoms with Crippen molar-refractivity contribution in [3.8, 4) is 0 Å². The quantitative estimate of drug-likeness (QED) is 0.372. The molecule has 0 saturated carbocycles. The van der Waals surface area contributed by atoms with Gasteiger partial charge in [-0.05, 0) is 66.6 Å². The minimum absolute atomic E-state index is 0.120. The molecule has 6 heterocycles. The molecule has 13 nitrogen and oxygen atoms in total. The number of hydrogen-bond acceptors (Lipinski definition) is 9. The van der Waals surface area contributed by atoms with Crippen LogP contribution < -0.4 is 10.2 Å². The highest BCUT2D eigenvalue weighted by molar-refractivity contribution is 6.06. The fraction of sp³-hybridized carbons (Fsp3) is 0.459. The Hall–Kier alpha value is -5.04. The molecular weight excluding hydrogens is 638 g/mol. The number of amides is 3. The standard InChI is InChI=1S/C37H43N7O6/c1-23-20-49-16-15-42(23)34(47)26-7-6-11-38-32(26)40-37(10-8-31(46)41(5)22-37)28-9-12-39-33(27(28)21-50-24(2)45)44-14-13-43-29(35(44)48)17-25-18-36(3,4)19-30(25)43/h6-12,17,23H,13-16,18-22H2,1-5H3,(H,38,40)/t23-,37?/m1/s1. The highest BCUT2D eigenvalue weighted by atomic mass is 16.5. The maximum absolute atomic E-state index is 14.2. The maximum atomic E-state index is 14.2. The number of carbonyl (C=O) groups is 4. The molecule has 3 aromatic heterocycles. The van der Waals surface area contributed by atoms with Gasteiger partial charge in [-0.3, -0.25) is 24.1 Å². The van der Waals surface area contributed by atoms with Crippen LogP contribution in [-0.4, -0.2) is 94.0 Å². The Bertz CT molecular complexity index is 1920. The van der Waals surface area contributed by atoms with E-state index in [-0.39, 0.29) is 42.3 Å². The number of nitrogens with zero attached hydrogens (tertiary/aromatic N) is 6. The van der Waals surface area contributed by atoms with E-state index in [0.717, 1.165) is 12.8 Å². The van der Waals surface area contributed by atoms with E-state index >= 15 is 0 Å². The van der Waals surface area contributed by atoms with Crippen LogP contribution in [0.15, 0.2) is 48.8 Å².